The fourth-order valence-electron chi connectivity index (χ4n) is 0.715. The summed E-state index contributed by atoms with van der Waals surface area (Å²) in [5, 5.41) is 6.62. The van der Waals surface area contributed by atoms with Crippen molar-refractivity contribution in [2.75, 3.05) is 7.11 Å². The molecule has 0 saturated carbocycles. The summed E-state index contributed by atoms with van der Waals surface area (Å²) in [4.78, 5) is 4.08. The smallest absolute Gasteiger partial charge is 0.167 e. The van der Waals surface area contributed by atoms with Crippen molar-refractivity contribution in [2.24, 2.45) is 5.73 Å². The molecule has 62 valence electrons. The normalized spacial score (nSPS) is 13.4. The zero-order valence-electron chi connectivity index (χ0n) is 6.66. The highest BCUT2D eigenvalue weighted by Crippen LogP contribution is 2.01. The van der Waals surface area contributed by atoms with Crippen molar-refractivity contribution < 1.29 is 4.74 Å². The first-order valence-corrected chi connectivity index (χ1v) is 3.39. The van der Waals surface area contributed by atoms with Crippen LogP contribution in [0.3, 0.4) is 0 Å². The van der Waals surface area contributed by atoms with Gasteiger partial charge in [0.25, 0.3) is 0 Å². The second-order valence-electron chi connectivity index (χ2n) is 2.36. The number of H-pyrrole nitrogens is 1. The number of rotatable bonds is 3. The summed E-state index contributed by atoms with van der Waals surface area (Å²) >= 11 is 0. The lowest BCUT2D eigenvalue weighted by Crippen LogP contribution is -2.06. The van der Waals surface area contributed by atoms with E-state index >= 15 is 0 Å². The van der Waals surface area contributed by atoms with Gasteiger partial charge in [0.1, 0.15) is 6.61 Å². The van der Waals surface area contributed by atoms with Crippen LogP contribution in [0.2, 0.25) is 0 Å². The lowest BCUT2D eigenvalue weighted by Gasteiger charge is -1.94. The van der Waals surface area contributed by atoms with Crippen LogP contribution >= 0.6 is 0 Å². The second-order valence-corrected chi connectivity index (χ2v) is 2.36. The van der Waals surface area contributed by atoms with E-state index in [0.717, 1.165) is 0 Å². The van der Waals surface area contributed by atoms with Gasteiger partial charge < -0.3 is 10.5 Å². The molecule has 0 unspecified atom stereocenters. The molecule has 0 saturated heterocycles. The van der Waals surface area contributed by atoms with E-state index in [9.17, 15) is 0 Å². The molecule has 5 heteroatoms. The van der Waals surface area contributed by atoms with Gasteiger partial charge in [-0.3, -0.25) is 5.10 Å². The van der Waals surface area contributed by atoms with Crippen LogP contribution in [0.25, 0.3) is 0 Å². The molecular weight excluding hydrogens is 144 g/mol. The lowest BCUT2D eigenvalue weighted by molar-refractivity contribution is 0.178. The zero-order chi connectivity index (χ0) is 8.27. The second kappa shape index (κ2) is 3.45. The highest BCUT2D eigenvalue weighted by Gasteiger charge is 2.05. The van der Waals surface area contributed by atoms with E-state index in [1.807, 2.05) is 6.92 Å². The van der Waals surface area contributed by atoms with Crippen LogP contribution in [-0.4, -0.2) is 22.3 Å². The standard InChI is InChI=1S/C6H12N4O/c1-4(7)6-8-5(3-11-2)9-10-6/h4H,3,7H2,1-2H3,(H,8,9,10)/t4-/m0/s1. The lowest BCUT2D eigenvalue weighted by atomic mass is 10.3. The van der Waals surface area contributed by atoms with E-state index in [4.69, 9.17) is 10.5 Å². The van der Waals surface area contributed by atoms with Crippen LogP contribution in [0.1, 0.15) is 24.6 Å². The quantitative estimate of drug-likeness (QED) is 0.644. The molecule has 0 fully saturated rings. The number of methoxy groups -OCH3 is 1. The minimum atomic E-state index is -0.128. The summed E-state index contributed by atoms with van der Waals surface area (Å²) in [6, 6.07) is -0.128. The highest BCUT2D eigenvalue weighted by molar-refractivity contribution is 4.92. The Bertz CT molecular complexity index is 220. The van der Waals surface area contributed by atoms with Gasteiger partial charge in [0.2, 0.25) is 0 Å². The Balaban J connectivity index is 2.66. The number of nitrogens with two attached hydrogens (primary N) is 1. The van der Waals surface area contributed by atoms with Gasteiger partial charge in [0.05, 0.1) is 6.04 Å². The Morgan fingerprint density at radius 3 is 2.91 bits per heavy atom. The van der Waals surface area contributed by atoms with E-state index < -0.39 is 0 Å². The van der Waals surface area contributed by atoms with Crippen molar-refractivity contribution in [1.82, 2.24) is 15.2 Å². The first-order valence-electron chi connectivity index (χ1n) is 3.39. The highest BCUT2D eigenvalue weighted by atomic mass is 16.5. The molecule has 1 aromatic rings. The van der Waals surface area contributed by atoms with Crippen molar-refractivity contribution in [3.8, 4) is 0 Å². The molecule has 0 amide bonds. The minimum Gasteiger partial charge on any atom is -0.377 e. The molecule has 1 heterocycles. The summed E-state index contributed by atoms with van der Waals surface area (Å²) in [5.74, 6) is 1.33. The zero-order valence-corrected chi connectivity index (χ0v) is 6.66. The third-order valence-corrected chi connectivity index (χ3v) is 1.24. The van der Waals surface area contributed by atoms with Crippen molar-refractivity contribution in [3.05, 3.63) is 11.6 Å². The average Bonchev–Trinajstić information content (AvgIpc) is 2.37. The molecule has 0 aliphatic heterocycles. The predicted octanol–water partition coefficient (Wildman–Crippen LogP) is -0.0292. The van der Waals surface area contributed by atoms with Gasteiger partial charge in [-0.1, -0.05) is 0 Å². The number of hydrogen-bond acceptors (Lipinski definition) is 4. The molecule has 5 nitrogen and oxygen atoms in total. The van der Waals surface area contributed by atoms with E-state index in [-0.39, 0.29) is 6.04 Å². The van der Waals surface area contributed by atoms with Crippen LogP contribution < -0.4 is 5.73 Å². The molecule has 3 N–H and O–H groups in total. The molecule has 1 aromatic heterocycles. The monoisotopic (exact) mass is 156 g/mol. The van der Waals surface area contributed by atoms with Crippen LogP contribution in [0, 0.1) is 0 Å². The third-order valence-electron chi connectivity index (χ3n) is 1.24. The maximum absolute atomic E-state index is 5.54. The van der Waals surface area contributed by atoms with Gasteiger partial charge in [0, 0.05) is 7.11 Å². The van der Waals surface area contributed by atoms with Crippen LogP contribution in [-0.2, 0) is 11.3 Å². The molecule has 0 aromatic carbocycles. The molecule has 11 heavy (non-hydrogen) atoms. The van der Waals surface area contributed by atoms with Crippen molar-refractivity contribution in [2.45, 2.75) is 19.6 Å². The van der Waals surface area contributed by atoms with Crippen molar-refractivity contribution in [1.29, 1.82) is 0 Å². The number of ether oxygens (including phenoxy) is 1. The maximum Gasteiger partial charge on any atom is 0.167 e. The average molecular weight is 156 g/mol. The summed E-state index contributed by atoms with van der Waals surface area (Å²) in [5.41, 5.74) is 5.54. The van der Waals surface area contributed by atoms with Gasteiger partial charge in [-0.2, -0.15) is 5.10 Å². The minimum absolute atomic E-state index is 0.128. The Morgan fingerprint density at radius 1 is 1.73 bits per heavy atom. The summed E-state index contributed by atoms with van der Waals surface area (Å²) in [6.07, 6.45) is 0. The van der Waals surface area contributed by atoms with E-state index in [1.54, 1.807) is 7.11 Å². The number of nitrogens with zero attached hydrogens (tertiary/aromatic N) is 2. The summed E-state index contributed by atoms with van der Waals surface area (Å²) < 4.78 is 4.85. The van der Waals surface area contributed by atoms with Gasteiger partial charge in [-0.05, 0) is 6.92 Å². The largest absolute Gasteiger partial charge is 0.377 e. The molecule has 0 aliphatic rings. The molecule has 0 spiro atoms. The summed E-state index contributed by atoms with van der Waals surface area (Å²) in [6.45, 7) is 2.28. The van der Waals surface area contributed by atoms with Crippen LogP contribution in [0.5, 0.6) is 0 Å². The molecule has 0 radical (unpaired) electrons. The number of hydrogen-bond donors (Lipinski definition) is 2. The molecule has 1 atom stereocenters. The van der Waals surface area contributed by atoms with Gasteiger partial charge in [-0.15, -0.1) is 0 Å². The Morgan fingerprint density at radius 2 is 2.45 bits per heavy atom. The predicted molar refractivity (Wildman–Crippen MR) is 39.7 cm³/mol. The number of nitrogens with one attached hydrogen (secondary N) is 1. The van der Waals surface area contributed by atoms with Gasteiger partial charge >= 0.3 is 0 Å². The molecule has 0 bridgehead atoms. The van der Waals surface area contributed by atoms with Gasteiger partial charge in [-0.25, -0.2) is 4.98 Å². The first kappa shape index (κ1) is 8.16. The SMILES string of the molecule is COCc1nc([C@H](C)N)n[nH]1. The van der Waals surface area contributed by atoms with Crippen LogP contribution in [0.15, 0.2) is 0 Å². The Kier molecular flexibility index (Phi) is 2.56. The number of aromatic amines is 1. The molecular formula is C6H12N4O. The maximum atomic E-state index is 5.54. The summed E-state index contributed by atoms with van der Waals surface area (Å²) in [7, 11) is 1.61. The Labute approximate surface area is 65.0 Å². The van der Waals surface area contributed by atoms with E-state index in [1.165, 1.54) is 0 Å². The van der Waals surface area contributed by atoms with Crippen LogP contribution in [0.4, 0.5) is 0 Å². The van der Waals surface area contributed by atoms with E-state index in [2.05, 4.69) is 15.2 Å². The fourth-order valence-corrected chi connectivity index (χ4v) is 0.715. The van der Waals surface area contributed by atoms with Crippen molar-refractivity contribution in [3.63, 3.8) is 0 Å². The first-order chi connectivity index (χ1) is 5.24. The molecule has 0 aliphatic carbocycles. The van der Waals surface area contributed by atoms with Gasteiger partial charge in [0.15, 0.2) is 11.6 Å². The Hall–Kier alpha value is -0.940. The van der Waals surface area contributed by atoms with Crippen molar-refractivity contribution >= 4 is 0 Å². The topological polar surface area (TPSA) is 76.8 Å². The fraction of sp³-hybridized carbons (Fsp3) is 0.667. The number of aromatic nitrogens is 3. The third kappa shape index (κ3) is 1.99. The van der Waals surface area contributed by atoms with E-state index in [0.29, 0.717) is 18.3 Å². The molecule has 1 rings (SSSR count).